The number of methoxy groups -OCH3 is 3. The van der Waals surface area contributed by atoms with Gasteiger partial charge in [-0.15, -0.1) is 12.4 Å². The van der Waals surface area contributed by atoms with E-state index in [1.54, 1.807) is 33.7 Å². The minimum Gasteiger partial charge on any atom is -0.494 e. The largest absolute Gasteiger partial charge is 0.494 e. The van der Waals surface area contributed by atoms with Gasteiger partial charge in [0.2, 0.25) is 0 Å². The number of hydrogen-bond acceptors (Lipinski definition) is 5. The average Bonchev–Trinajstić information content (AvgIpc) is 2.79. The molecule has 5 nitrogen and oxygen atoms in total. The van der Waals surface area contributed by atoms with E-state index >= 15 is 0 Å². The summed E-state index contributed by atoms with van der Waals surface area (Å²) in [5, 5.41) is 3.65. The van der Waals surface area contributed by atoms with Crippen molar-refractivity contribution in [2.24, 2.45) is 0 Å². The summed E-state index contributed by atoms with van der Waals surface area (Å²) in [5.41, 5.74) is 6.06. The number of nitrogens with zero attached hydrogens (tertiary/aromatic N) is 1. The summed E-state index contributed by atoms with van der Waals surface area (Å²) in [7, 11) is 5.04. The molecule has 0 amide bonds. The van der Waals surface area contributed by atoms with Gasteiger partial charge in [0.15, 0.2) is 11.5 Å². The fourth-order valence-corrected chi connectivity index (χ4v) is 3.99. The highest BCUT2D eigenvalue weighted by Crippen LogP contribution is 2.36. The minimum absolute atomic E-state index is 0. The third-order valence-corrected chi connectivity index (χ3v) is 5.52. The molecule has 0 saturated carbocycles. The number of halogens is 1. The van der Waals surface area contributed by atoms with E-state index in [2.05, 4.69) is 46.7 Å². The molecule has 0 radical (unpaired) electrons. The molecule has 2 aromatic carbocycles. The van der Waals surface area contributed by atoms with E-state index in [9.17, 15) is 0 Å². The third-order valence-electron chi connectivity index (χ3n) is 5.52. The maximum absolute atomic E-state index is 5.52. The Hall–Kier alpha value is -2.76. The van der Waals surface area contributed by atoms with Gasteiger partial charge in [-0.3, -0.25) is 4.98 Å². The van der Waals surface area contributed by atoms with Crippen LogP contribution in [-0.4, -0.2) is 32.9 Å². The second-order valence-electron chi connectivity index (χ2n) is 7.14. The van der Waals surface area contributed by atoms with E-state index in [1.165, 1.54) is 16.7 Å². The molecule has 4 rings (SSSR count). The van der Waals surface area contributed by atoms with Crippen LogP contribution in [0.3, 0.4) is 0 Å². The topological polar surface area (TPSA) is 52.6 Å². The molecule has 1 aliphatic heterocycles. The van der Waals surface area contributed by atoms with E-state index in [0.717, 1.165) is 47.8 Å². The van der Waals surface area contributed by atoms with Crippen LogP contribution < -0.4 is 19.5 Å². The van der Waals surface area contributed by atoms with Crippen LogP contribution in [0.2, 0.25) is 0 Å². The monoisotopic (exact) mass is 426 g/mol. The van der Waals surface area contributed by atoms with Gasteiger partial charge in [0.1, 0.15) is 5.75 Å². The van der Waals surface area contributed by atoms with Crippen molar-refractivity contribution in [3.05, 3.63) is 71.5 Å². The molecule has 2 heterocycles. The summed E-state index contributed by atoms with van der Waals surface area (Å²) in [6.07, 6.45) is 5.44. The maximum Gasteiger partial charge on any atom is 0.161 e. The van der Waals surface area contributed by atoms with Crippen molar-refractivity contribution in [2.75, 3.05) is 27.9 Å². The number of fused-ring (bicyclic) bond motifs is 1. The van der Waals surface area contributed by atoms with Gasteiger partial charge in [0.25, 0.3) is 0 Å². The first-order valence-electron chi connectivity index (χ1n) is 9.79. The number of pyridine rings is 1. The van der Waals surface area contributed by atoms with E-state index in [1.807, 2.05) is 6.07 Å². The lowest BCUT2D eigenvalue weighted by molar-refractivity contribution is 0.352. The third kappa shape index (κ3) is 4.37. The van der Waals surface area contributed by atoms with Crippen LogP contribution in [0, 0.1) is 0 Å². The molecule has 30 heavy (non-hydrogen) atoms. The lowest BCUT2D eigenvalue weighted by Gasteiger charge is -2.28. The van der Waals surface area contributed by atoms with Crippen molar-refractivity contribution in [1.82, 2.24) is 10.3 Å². The predicted molar refractivity (Wildman–Crippen MR) is 121 cm³/mol. The number of nitrogens with one attached hydrogen (secondary N) is 1. The van der Waals surface area contributed by atoms with Gasteiger partial charge in [0.05, 0.1) is 27.5 Å². The van der Waals surface area contributed by atoms with Gasteiger partial charge in [-0.1, -0.05) is 24.3 Å². The van der Waals surface area contributed by atoms with Crippen molar-refractivity contribution >= 4 is 12.4 Å². The highest BCUT2D eigenvalue weighted by atomic mass is 35.5. The molecule has 1 N–H and O–H groups in total. The minimum atomic E-state index is 0. The van der Waals surface area contributed by atoms with Crippen molar-refractivity contribution < 1.29 is 14.2 Å². The second-order valence-corrected chi connectivity index (χ2v) is 7.14. The Labute approximate surface area is 183 Å². The van der Waals surface area contributed by atoms with Crippen molar-refractivity contribution in [1.29, 1.82) is 0 Å². The van der Waals surface area contributed by atoms with Gasteiger partial charge in [0, 0.05) is 17.8 Å². The molecule has 0 spiro atoms. The van der Waals surface area contributed by atoms with Crippen LogP contribution in [-0.2, 0) is 12.8 Å². The van der Waals surface area contributed by atoms with E-state index in [4.69, 9.17) is 14.2 Å². The average molecular weight is 427 g/mol. The lowest BCUT2D eigenvalue weighted by Crippen LogP contribution is -2.31. The molecule has 0 fully saturated rings. The molecule has 1 unspecified atom stereocenters. The van der Waals surface area contributed by atoms with Gasteiger partial charge in [-0.05, 0) is 59.8 Å². The summed E-state index contributed by atoms with van der Waals surface area (Å²) in [6, 6.07) is 15.1. The molecule has 0 bridgehead atoms. The second kappa shape index (κ2) is 9.83. The Kier molecular flexibility index (Phi) is 7.19. The molecular formula is C24H27ClN2O3. The molecule has 0 aliphatic carbocycles. The SMILES string of the molecule is COc1cc2c(cc1OC)C(Cc1ccc(-c3ccncc3OC)cc1)NCC2.Cl. The number of benzene rings is 2. The quantitative estimate of drug-likeness (QED) is 0.623. The van der Waals surface area contributed by atoms with Gasteiger partial charge in [-0.25, -0.2) is 0 Å². The van der Waals surface area contributed by atoms with Gasteiger partial charge < -0.3 is 19.5 Å². The molecule has 3 aromatic rings. The molecule has 6 heteroatoms. The first-order chi connectivity index (χ1) is 14.2. The van der Waals surface area contributed by atoms with Crippen LogP contribution in [0.1, 0.15) is 22.7 Å². The van der Waals surface area contributed by atoms with Crippen molar-refractivity contribution in [3.8, 4) is 28.4 Å². The number of hydrogen-bond donors (Lipinski definition) is 1. The molecule has 158 valence electrons. The predicted octanol–water partition coefficient (Wildman–Crippen LogP) is 4.63. The molecule has 1 aliphatic rings. The normalized spacial score (nSPS) is 15.0. The summed E-state index contributed by atoms with van der Waals surface area (Å²) in [5.74, 6) is 2.35. The first-order valence-corrected chi connectivity index (χ1v) is 9.79. The molecule has 1 aromatic heterocycles. The van der Waals surface area contributed by atoms with Gasteiger partial charge in [-0.2, -0.15) is 0 Å². The smallest absolute Gasteiger partial charge is 0.161 e. The maximum atomic E-state index is 5.52. The van der Waals surface area contributed by atoms with Crippen molar-refractivity contribution in [3.63, 3.8) is 0 Å². The van der Waals surface area contributed by atoms with Crippen LogP contribution in [0.5, 0.6) is 17.2 Å². The highest BCUT2D eigenvalue weighted by Gasteiger charge is 2.23. The molecule has 1 atom stereocenters. The Bertz CT molecular complexity index is 992. The fourth-order valence-electron chi connectivity index (χ4n) is 3.99. The number of rotatable bonds is 6. The van der Waals surface area contributed by atoms with Crippen LogP contribution >= 0.6 is 12.4 Å². The summed E-state index contributed by atoms with van der Waals surface area (Å²) in [6.45, 7) is 0.958. The fraction of sp³-hybridized carbons (Fsp3) is 0.292. The van der Waals surface area contributed by atoms with Crippen LogP contribution in [0.25, 0.3) is 11.1 Å². The van der Waals surface area contributed by atoms with E-state index in [0.29, 0.717) is 0 Å². The van der Waals surface area contributed by atoms with Crippen molar-refractivity contribution in [2.45, 2.75) is 18.9 Å². The number of aromatic nitrogens is 1. The zero-order valence-corrected chi connectivity index (χ0v) is 18.3. The molecular weight excluding hydrogens is 400 g/mol. The standard InChI is InChI=1S/C24H26N2O3.ClH/c1-27-22-13-18-8-11-26-21(20(18)14-23(22)28-2)12-16-4-6-17(7-5-16)19-9-10-25-15-24(19)29-3;/h4-7,9-10,13-15,21,26H,8,11-12H2,1-3H3;1H. The zero-order valence-electron chi connectivity index (χ0n) is 17.5. The van der Waals surface area contributed by atoms with Crippen LogP contribution in [0.4, 0.5) is 0 Å². The number of ether oxygens (including phenoxy) is 3. The Morgan fingerprint density at radius 3 is 2.33 bits per heavy atom. The first kappa shape index (κ1) is 21.9. The lowest BCUT2D eigenvalue weighted by atomic mass is 9.89. The van der Waals surface area contributed by atoms with Gasteiger partial charge >= 0.3 is 0 Å². The summed E-state index contributed by atoms with van der Waals surface area (Å²) >= 11 is 0. The Balaban J connectivity index is 0.00000256. The van der Waals surface area contributed by atoms with Crippen LogP contribution in [0.15, 0.2) is 54.9 Å². The van der Waals surface area contributed by atoms with E-state index in [-0.39, 0.29) is 18.4 Å². The van der Waals surface area contributed by atoms with E-state index < -0.39 is 0 Å². The Morgan fingerprint density at radius 2 is 1.63 bits per heavy atom. The molecule has 0 saturated heterocycles. The zero-order chi connectivity index (χ0) is 20.2. The highest BCUT2D eigenvalue weighted by molar-refractivity contribution is 5.85. The summed E-state index contributed by atoms with van der Waals surface area (Å²) < 4.78 is 16.4. The summed E-state index contributed by atoms with van der Waals surface area (Å²) in [4.78, 5) is 4.13. The Morgan fingerprint density at radius 1 is 0.933 bits per heavy atom.